The minimum Gasteiger partial charge on any atom is -0.339 e. The number of carbonyl (C=O) groups is 1. The van der Waals surface area contributed by atoms with Crippen molar-refractivity contribution in [2.75, 3.05) is 26.2 Å². The fraction of sp³-hybridized carbons (Fsp3) is 0.429. The van der Waals surface area contributed by atoms with Crippen molar-refractivity contribution in [1.82, 2.24) is 18.8 Å². The molecule has 0 saturated carbocycles. The van der Waals surface area contributed by atoms with Gasteiger partial charge in [0.2, 0.25) is 0 Å². The fourth-order valence-corrected chi connectivity index (χ4v) is 4.67. The summed E-state index contributed by atoms with van der Waals surface area (Å²) in [5, 5.41) is 1.92. The smallest absolute Gasteiger partial charge is 0.263 e. The van der Waals surface area contributed by atoms with E-state index in [2.05, 4.69) is 4.98 Å². The van der Waals surface area contributed by atoms with Crippen LogP contribution >= 0.6 is 11.3 Å². The largest absolute Gasteiger partial charge is 0.339 e. The Labute approximate surface area is 139 Å². The number of thiophene rings is 1. The third-order valence-electron chi connectivity index (χ3n) is 3.76. The van der Waals surface area contributed by atoms with Crippen LogP contribution in [0.3, 0.4) is 0 Å². The predicted octanol–water partition coefficient (Wildman–Crippen LogP) is 1.02. The number of aryl methyl sites for hydroxylation is 1. The van der Waals surface area contributed by atoms with Gasteiger partial charge in [-0.25, -0.2) is 13.4 Å². The summed E-state index contributed by atoms with van der Waals surface area (Å²) >= 11 is 1.40. The minimum atomic E-state index is -3.60. The average Bonchev–Trinajstić information content (AvgIpc) is 3.13. The number of hydrogen-bond acceptors (Lipinski definition) is 5. The topological polar surface area (TPSA) is 75.5 Å². The second-order valence-corrected chi connectivity index (χ2v) is 8.24. The molecule has 1 aliphatic heterocycles. The van der Waals surface area contributed by atoms with Gasteiger partial charge in [0.1, 0.15) is 0 Å². The average molecular weight is 354 g/mol. The number of nitrogens with zero attached hydrogens (tertiary/aromatic N) is 4. The molecule has 0 radical (unpaired) electrons. The van der Waals surface area contributed by atoms with Gasteiger partial charge < -0.3 is 9.47 Å². The van der Waals surface area contributed by atoms with E-state index in [1.165, 1.54) is 28.2 Å². The molecule has 0 aromatic carbocycles. The first-order valence-corrected chi connectivity index (χ1v) is 9.61. The Morgan fingerprint density at radius 2 is 2.09 bits per heavy atom. The monoisotopic (exact) mass is 354 g/mol. The molecule has 3 heterocycles. The van der Waals surface area contributed by atoms with Gasteiger partial charge in [-0.05, 0) is 17.9 Å². The lowest BCUT2D eigenvalue weighted by Gasteiger charge is -2.20. The predicted molar refractivity (Wildman–Crippen MR) is 86.8 cm³/mol. The molecule has 2 aromatic heterocycles. The highest BCUT2D eigenvalue weighted by atomic mass is 32.2. The van der Waals surface area contributed by atoms with E-state index >= 15 is 0 Å². The van der Waals surface area contributed by atoms with E-state index in [1.54, 1.807) is 22.6 Å². The number of aromatic nitrogens is 2. The Balaban J connectivity index is 1.72. The summed E-state index contributed by atoms with van der Waals surface area (Å²) in [7, 11) is -1.87. The highest BCUT2D eigenvalue weighted by Gasteiger charge is 2.30. The zero-order valence-electron chi connectivity index (χ0n) is 12.8. The molecule has 9 heteroatoms. The van der Waals surface area contributed by atoms with E-state index in [9.17, 15) is 13.2 Å². The van der Waals surface area contributed by atoms with Crippen molar-refractivity contribution in [3.05, 3.63) is 34.9 Å². The van der Waals surface area contributed by atoms with Gasteiger partial charge in [0, 0.05) is 39.4 Å². The summed E-state index contributed by atoms with van der Waals surface area (Å²) in [6.07, 6.45) is 3.58. The summed E-state index contributed by atoms with van der Waals surface area (Å²) < 4.78 is 28.2. The van der Waals surface area contributed by atoms with Crippen LogP contribution < -0.4 is 0 Å². The highest BCUT2D eigenvalue weighted by molar-refractivity contribution is 7.89. The first kappa shape index (κ1) is 16.2. The zero-order chi connectivity index (χ0) is 16.4. The number of sulfonamides is 1. The first-order chi connectivity index (χ1) is 11.0. The molecule has 0 bridgehead atoms. The van der Waals surface area contributed by atoms with Crippen LogP contribution in [0.15, 0.2) is 35.1 Å². The second-order valence-electron chi connectivity index (χ2n) is 5.40. The van der Waals surface area contributed by atoms with Crippen molar-refractivity contribution < 1.29 is 13.2 Å². The molecule has 7 nitrogen and oxygen atoms in total. The third-order valence-corrected chi connectivity index (χ3v) is 6.40. The van der Waals surface area contributed by atoms with Gasteiger partial charge >= 0.3 is 0 Å². The fourth-order valence-electron chi connectivity index (χ4n) is 2.55. The highest BCUT2D eigenvalue weighted by Crippen LogP contribution is 2.18. The lowest BCUT2D eigenvalue weighted by molar-refractivity contribution is 0.0769. The number of rotatable bonds is 3. The molecule has 124 valence electrons. The molecular formula is C14H18N4O3S2. The lowest BCUT2D eigenvalue weighted by Crippen LogP contribution is -2.37. The van der Waals surface area contributed by atoms with E-state index in [1.807, 2.05) is 11.4 Å². The molecule has 1 saturated heterocycles. The van der Waals surface area contributed by atoms with Crippen LogP contribution in [0.1, 0.15) is 16.1 Å². The van der Waals surface area contributed by atoms with Crippen LogP contribution in [0.4, 0.5) is 0 Å². The summed E-state index contributed by atoms with van der Waals surface area (Å²) in [5.74, 6) is -0.0305. The minimum absolute atomic E-state index is 0.0305. The van der Waals surface area contributed by atoms with Gasteiger partial charge in [-0.2, -0.15) is 4.31 Å². The maximum atomic E-state index is 12.6. The van der Waals surface area contributed by atoms with Crippen molar-refractivity contribution in [1.29, 1.82) is 0 Å². The van der Waals surface area contributed by atoms with E-state index in [-0.39, 0.29) is 17.5 Å². The maximum Gasteiger partial charge on any atom is 0.263 e. The first-order valence-electron chi connectivity index (χ1n) is 7.29. The molecule has 0 N–H and O–H groups in total. The number of hydrogen-bond donors (Lipinski definition) is 0. The third kappa shape index (κ3) is 3.31. The van der Waals surface area contributed by atoms with Crippen LogP contribution in [0.2, 0.25) is 0 Å². The number of carbonyl (C=O) groups excluding carboxylic acids is 1. The quantitative estimate of drug-likeness (QED) is 0.825. The van der Waals surface area contributed by atoms with Gasteiger partial charge in [-0.3, -0.25) is 4.79 Å². The molecule has 1 fully saturated rings. The zero-order valence-corrected chi connectivity index (χ0v) is 14.4. The Hall–Kier alpha value is -1.71. The standard InChI is InChI=1S/C14H18N4O3S2/c1-16-10-13(15-11-16)23(20,21)18-6-3-5-17(7-8-18)14(19)12-4-2-9-22-12/h2,4,9-11H,3,5-8H2,1H3. The molecule has 2 aromatic rings. The van der Waals surface area contributed by atoms with Crippen molar-refractivity contribution >= 4 is 27.3 Å². The second kappa shape index (κ2) is 6.42. The molecule has 3 rings (SSSR count). The maximum absolute atomic E-state index is 12.6. The van der Waals surface area contributed by atoms with Crippen molar-refractivity contribution in [2.24, 2.45) is 7.05 Å². The van der Waals surface area contributed by atoms with Crippen molar-refractivity contribution in [2.45, 2.75) is 11.4 Å². The summed E-state index contributed by atoms with van der Waals surface area (Å²) in [6.45, 7) is 1.64. The van der Waals surface area contributed by atoms with Crippen molar-refractivity contribution in [3.63, 3.8) is 0 Å². The van der Waals surface area contributed by atoms with Crippen LogP contribution in [0.25, 0.3) is 0 Å². The molecule has 0 unspecified atom stereocenters. The molecule has 0 atom stereocenters. The van der Waals surface area contributed by atoms with E-state index in [4.69, 9.17) is 0 Å². The Morgan fingerprint density at radius 1 is 1.26 bits per heavy atom. The van der Waals surface area contributed by atoms with Gasteiger partial charge in [-0.1, -0.05) is 6.07 Å². The van der Waals surface area contributed by atoms with E-state index in [0.717, 1.165) is 0 Å². The lowest BCUT2D eigenvalue weighted by atomic mass is 10.3. The van der Waals surface area contributed by atoms with Crippen LogP contribution in [0, 0.1) is 0 Å². The number of amides is 1. The number of imidazole rings is 1. The van der Waals surface area contributed by atoms with E-state index in [0.29, 0.717) is 30.9 Å². The van der Waals surface area contributed by atoms with Crippen LogP contribution in [-0.2, 0) is 17.1 Å². The van der Waals surface area contributed by atoms with Gasteiger partial charge in [-0.15, -0.1) is 11.3 Å². The molecule has 23 heavy (non-hydrogen) atoms. The summed E-state index contributed by atoms with van der Waals surface area (Å²) in [5.41, 5.74) is 0. The molecule has 1 amide bonds. The van der Waals surface area contributed by atoms with Crippen LogP contribution in [0.5, 0.6) is 0 Å². The normalized spacial score (nSPS) is 17.2. The van der Waals surface area contributed by atoms with Crippen molar-refractivity contribution in [3.8, 4) is 0 Å². The Kier molecular flexibility index (Phi) is 4.51. The Bertz CT molecular complexity index is 783. The molecule has 0 spiro atoms. The van der Waals surface area contributed by atoms with Gasteiger partial charge in [0.15, 0.2) is 5.03 Å². The molecular weight excluding hydrogens is 336 g/mol. The Morgan fingerprint density at radius 3 is 2.74 bits per heavy atom. The van der Waals surface area contributed by atoms with Gasteiger partial charge in [0.25, 0.3) is 15.9 Å². The SMILES string of the molecule is Cn1cnc(S(=O)(=O)N2CCCN(C(=O)c3cccs3)CC2)c1. The molecule has 0 aliphatic carbocycles. The summed E-state index contributed by atoms with van der Waals surface area (Å²) in [6, 6.07) is 3.63. The molecule has 1 aliphatic rings. The summed E-state index contributed by atoms with van der Waals surface area (Å²) in [4.78, 5) is 18.7. The van der Waals surface area contributed by atoms with Gasteiger partial charge in [0.05, 0.1) is 11.2 Å². The van der Waals surface area contributed by atoms with Crippen LogP contribution in [-0.4, -0.2) is 59.3 Å². The van der Waals surface area contributed by atoms with E-state index < -0.39 is 10.0 Å².